The lowest BCUT2D eigenvalue weighted by Gasteiger charge is -2.13. The Morgan fingerprint density at radius 1 is 1.23 bits per heavy atom. The molecule has 0 aromatic rings. The quantitative estimate of drug-likeness (QED) is 0.227. The Morgan fingerprint density at radius 2 is 2.09 bits per heavy atom. The molecule has 1 atom stereocenters. The Bertz CT molecular complexity index is 275. The molecule has 1 aliphatic rings. The van der Waals surface area contributed by atoms with Crippen LogP contribution in [0.5, 0.6) is 0 Å². The van der Waals surface area contributed by atoms with Gasteiger partial charge in [0.05, 0.1) is 12.7 Å². The standard InChI is InChI=1S/C15H31N3O3.HI/c1-3-16-15(17-8-5-10-19-4-2)18-9-6-11-21-14-7-12-20-13-14;/h14H,3-13H2,1-2H3,(H2,16,17,18);1H. The zero-order chi connectivity index (χ0) is 15.2. The number of halogens is 1. The van der Waals surface area contributed by atoms with Crippen molar-refractivity contribution in [1.82, 2.24) is 10.6 Å². The van der Waals surface area contributed by atoms with Crippen molar-refractivity contribution in [2.45, 2.75) is 39.2 Å². The fourth-order valence-corrected chi connectivity index (χ4v) is 2.02. The Hall–Kier alpha value is -0.120. The molecule has 0 aromatic carbocycles. The maximum Gasteiger partial charge on any atom is 0.191 e. The number of hydrogen-bond acceptors (Lipinski definition) is 4. The first kappa shape index (κ1) is 21.9. The number of aliphatic imine (C=N–C) groups is 1. The van der Waals surface area contributed by atoms with E-state index in [1.54, 1.807) is 0 Å². The van der Waals surface area contributed by atoms with E-state index in [9.17, 15) is 0 Å². The molecule has 1 saturated heterocycles. The molecule has 2 N–H and O–H groups in total. The third-order valence-electron chi connectivity index (χ3n) is 3.12. The van der Waals surface area contributed by atoms with E-state index in [-0.39, 0.29) is 24.0 Å². The van der Waals surface area contributed by atoms with Gasteiger partial charge in [0.2, 0.25) is 0 Å². The van der Waals surface area contributed by atoms with Gasteiger partial charge in [0, 0.05) is 46.1 Å². The van der Waals surface area contributed by atoms with Crippen molar-refractivity contribution in [2.75, 3.05) is 52.7 Å². The largest absolute Gasteiger partial charge is 0.382 e. The third kappa shape index (κ3) is 11.4. The normalized spacial score (nSPS) is 18.1. The van der Waals surface area contributed by atoms with Crippen molar-refractivity contribution in [3.05, 3.63) is 0 Å². The second-order valence-corrected chi connectivity index (χ2v) is 4.95. The topological polar surface area (TPSA) is 64.1 Å². The highest BCUT2D eigenvalue weighted by atomic mass is 127. The molecule has 0 radical (unpaired) electrons. The van der Waals surface area contributed by atoms with Gasteiger partial charge in [-0.05, 0) is 33.1 Å². The fraction of sp³-hybridized carbons (Fsp3) is 0.933. The van der Waals surface area contributed by atoms with E-state index in [4.69, 9.17) is 14.2 Å². The molecule has 0 bridgehead atoms. The first-order valence-electron chi connectivity index (χ1n) is 8.16. The van der Waals surface area contributed by atoms with Gasteiger partial charge >= 0.3 is 0 Å². The van der Waals surface area contributed by atoms with Gasteiger partial charge in [-0.2, -0.15) is 0 Å². The van der Waals surface area contributed by atoms with Gasteiger partial charge in [0.1, 0.15) is 0 Å². The van der Waals surface area contributed by atoms with Crippen LogP contribution >= 0.6 is 24.0 Å². The van der Waals surface area contributed by atoms with E-state index in [0.717, 1.165) is 77.9 Å². The number of guanidine groups is 1. The van der Waals surface area contributed by atoms with E-state index >= 15 is 0 Å². The summed E-state index contributed by atoms with van der Waals surface area (Å²) in [5.41, 5.74) is 0. The van der Waals surface area contributed by atoms with Crippen LogP contribution in [-0.4, -0.2) is 64.7 Å². The lowest BCUT2D eigenvalue weighted by Crippen LogP contribution is -2.38. The summed E-state index contributed by atoms with van der Waals surface area (Å²) in [5.74, 6) is 0.873. The summed E-state index contributed by atoms with van der Waals surface area (Å²) in [5, 5.41) is 6.57. The highest BCUT2D eigenvalue weighted by Crippen LogP contribution is 2.07. The van der Waals surface area contributed by atoms with Crippen molar-refractivity contribution in [3.63, 3.8) is 0 Å². The molecule has 0 aromatic heterocycles. The SMILES string of the molecule is CCNC(=NCCCOCC)NCCCOC1CCOC1.I. The molecule has 0 spiro atoms. The van der Waals surface area contributed by atoms with Gasteiger partial charge in [-0.1, -0.05) is 0 Å². The molecular formula is C15H32IN3O3. The molecule has 1 fully saturated rings. The maximum absolute atomic E-state index is 5.73. The van der Waals surface area contributed by atoms with Crippen LogP contribution in [-0.2, 0) is 14.2 Å². The number of nitrogens with one attached hydrogen (secondary N) is 2. The summed E-state index contributed by atoms with van der Waals surface area (Å²) in [6.07, 6.45) is 3.25. The molecule has 7 heteroatoms. The van der Waals surface area contributed by atoms with Crippen molar-refractivity contribution >= 4 is 29.9 Å². The van der Waals surface area contributed by atoms with E-state index in [1.807, 2.05) is 6.92 Å². The summed E-state index contributed by atoms with van der Waals surface area (Å²) in [7, 11) is 0. The Morgan fingerprint density at radius 3 is 2.77 bits per heavy atom. The summed E-state index contributed by atoms with van der Waals surface area (Å²) >= 11 is 0. The summed E-state index contributed by atoms with van der Waals surface area (Å²) in [4.78, 5) is 4.51. The first-order valence-corrected chi connectivity index (χ1v) is 8.16. The van der Waals surface area contributed by atoms with Crippen LogP contribution < -0.4 is 10.6 Å². The number of rotatable bonds is 11. The Kier molecular flexibility index (Phi) is 15.7. The monoisotopic (exact) mass is 429 g/mol. The number of nitrogens with zero attached hydrogens (tertiary/aromatic N) is 1. The molecule has 132 valence electrons. The Labute approximate surface area is 151 Å². The third-order valence-corrected chi connectivity index (χ3v) is 3.12. The highest BCUT2D eigenvalue weighted by molar-refractivity contribution is 14.0. The van der Waals surface area contributed by atoms with Crippen LogP contribution in [0.3, 0.4) is 0 Å². The van der Waals surface area contributed by atoms with E-state index in [2.05, 4.69) is 22.5 Å². The van der Waals surface area contributed by atoms with Crippen molar-refractivity contribution in [2.24, 2.45) is 4.99 Å². The summed E-state index contributed by atoms with van der Waals surface area (Å²) in [6.45, 7) is 10.5. The van der Waals surface area contributed by atoms with Gasteiger partial charge in [-0.15, -0.1) is 24.0 Å². The van der Waals surface area contributed by atoms with Crippen molar-refractivity contribution in [3.8, 4) is 0 Å². The van der Waals surface area contributed by atoms with Crippen molar-refractivity contribution < 1.29 is 14.2 Å². The molecule has 0 amide bonds. The number of ether oxygens (including phenoxy) is 3. The van der Waals surface area contributed by atoms with Gasteiger partial charge in [-0.3, -0.25) is 4.99 Å². The first-order chi connectivity index (χ1) is 10.4. The zero-order valence-corrected chi connectivity index (χ0v) is 16.3. The van der Waals surface area contributed by atoms with Gasteiger partial charge in [0.25, 0.3) is 0 Å². The zero-order valence-electron chi connectivity index (χ0n) is 13.9. The van der Waals surface area contributed by atoms with E-state index in [0.29, 0.717) is 6.10 Å². The lowest BCUT2D eigenvalue weighted by atomic mass is 10.3. The predicted octanol–water partition coefficient (Wildman–Crippen LogP) is 1.78. The second-order valence-electron chi connectivity index (χ2n) is 4.95. The minimum Gasteiger partial charge on any atom is -0.382 e. The molecule has 1 aliphatic heterocycles. The molecule has 0 aliphatic carbocycles. The number of hydrogen-bond donors (Lipinski definition) is 2. The molecule has 1 rings (SSSR count). The van der Waals surface area contributed by atoms with Gasteiger partial charge in [0.15, 0.2) is 5.96 Å². The fourth-order valence-electron chi connectivity index (χ4n) is 2.02. The van der Waals surface area contributed by atoms with E-state index in [1.165, 1.54) is 0 Å². The van der Waals surface area contributed by atoms with Crippen LogP contribution in [0.4, 0.5) is 0 Å². The van der Waals surface area contributed by atoms with Crippen LogP contribution in [0.15, 0.2) is 4.99 Å². The minimum atomic E-state index is 0. The van der Waals surface area contributed by atoms with Crippen molar-refractivity contribution in [1.29, 1.82) is 0 Å². The summed E-state index contributed by atoms with van der Waals surface area (Å²) < 4.78 is 16.3. The molecule has 1 unspecified atom stereocenters. The van der Waals surface area contributed by atoms with Crippen LogP contribution in [0.2, 0.25) is 0 Å². The van der Waals surface area contributed by atoms with E-state index < -0.39 is 0 Å². The average molecular weight is 429 g/mol. The lowest BCUT2D eigenvalue weighted by molar-refractivity contribution is 0.0420. The molecule has 6 nitrogen and oxygen atoms in total. The second kappa shape index (κ2) is 15.8. The molecule has 22 heavy (non-hydrogen) atoms. The predicted molar refractivity (Wildman–Crippen MR) is 100 cm³/mol. The summed E-state index contributed by atoms with van der Waals surface area (Å²) in [6, 6.07) is 0. The molecular weight excluding hydrogens is 397 g/mol. The van der Waals surface area contributed by atoms with Gasteiger partial charge < -0.3 is 24.8 Å². The minimum absolute atomic E-state index is 0. The van der Waals surface area contributed by atoms with Crippen LogP contribution in [0.25, 0.3) is 0 Å². The average Bonchev–Trinajstić information content (AvgIpc) is 3.00. The highest BCUT2D eigenvalue weighted by Gasteiger charge is 2.15. The molecule has 0 saturated carbocycles. The smallest absolute Gasteiger partial charge is 0.191 e. The molecule has 1 heterocycles. The Balaban J connectivity index is 0.00000441. The van der Waals surface area contributed by atoms with Crippen LogP contribution in [0, 0.1) is 0 Å². The van der Waals surface area contributed by atoms with Gasteiger partial charge in [-0.25, -0.2) is 0 Å². The van der Waals surface area contributed by atoms with Crippen LogP contribution in [0.1, 0.15) is 33.1 Å². The maximum atomic E-state index is 5.73.